The zero-order valence-electron chi connectivity index (χ0n) is 19.8. The Morgan fingerprint density at radius 3 is 2.57 bits per heavy atom. The molecule has 0 aliphatic carbocycles. The number of nitrogens with two attached hydrogens (primary N) is 1. The van der Waals surface area contributed by atoms with Crippen molar-refractivity contribution in [2.45, 2.75) is 18.4 Å². The Morgan fingerprint density at radius 1 is 1.08 bits per heavy atom. The first-order valence-electron chi connectivity index (χ1n) is 11.7. The summed E-state index contributed by atoms with van der Waals surface area (Å²) >= 11 is 13.2. The van der Waals surface area contributed by atoms with Crippen LogP contribution in [-0.4, -0.2) is 37.8 Å². The van der Waals surface area contributed by atoms with Crippen molar-refractivity contribution >= 4 is 51.1 Å². The molecule has 1 aliphatic heterocycles. The van der Waals surface area contributed by atoms with E-state index in [4.69, 9.17) is 33.9 Å². The number of fused-ring (bicyclic) bond motifs is 2. The Kier molecular flexibility index (Phi) is 5.57. The zero-order valence-corrected chi connectivity index (χ0v) is 21.3. The largest absolute Gasteiger partial charge is 0.345 e. The van der Waals surface area contributed by atoms with Crippen LogP contribution in [-0.2, 0) is 12.6 Å². The maximum Gasteiger partial charge on any atom is 0.228 e. The van der Waals surface area contributed by atoms with E-state index < -0.39 is 5.54 Å². The minimum Gasteiger partial charge on any atom is -0.345 e. The molecule has 186 valence electrons. The van der Waals surface area contributed by atoms with Gasteiger partial charge in [-0.2, -0.15) is 15.3 Å². The molecule has 0 amide bonds. The van der Waals surface area contributed by atoms with E-state index in [9.17, 15) is 9.65 Å². The number of nitrogens with zero attached hydrogens (tertiary/aromatic N) is 6. The first-order valence-corrected chi connectivity index (χ1v) is 12.5. The Morgan fingerprint density at radius 2 is 1.84 bits per heavy atom. The van der Waals surface area contributed by atoms with Crippen molar-refractivity contribution in [1.82, 2.24) is 24.7 Å². The van der Waals surface area contributed by atoms with Gasteiger partial charge in [0.25, 0.3) is 0 Å². The molecule has 4 heterocycles. The van der Waals surface area contributed by atoms with Gasteiger partial charge in [0.1, 0.15) is 22.7 Å². The molecule has 1 fully saturated rings. The molecule has 8 nitrogen and oxygen atoms in total. The molecule has 3 N–H and O–H groups in total. The number of nitriles is 1. The molecule has 2 aromatic carbocycles. The number of hydrogen-bond acceptors (Lipinski definition) is 6. The molecule has 0 atom stereocenters. The summed E-state index contributed by atoms with van der Waals surface area (Å²) in [6.45, 7) is 1.05. The van der Waals surface area contributed by atoms with Gasteiger partial charge in [-0.05, 0) is 25.0 Å². The van der Waals surface area contributed by atoms with Gasteiger partial charge in [-0.25, -0.2) is 9.37 Å². The van der Waals surface area contributed by atoms with Gasteiger partial charge in [0, 0.05) is 48.6 Å². The van der Waals surface area contributed by atoms with Gasteiger partial charge in [-0.3, -0.25) is 4.68 Å². The second-order valence-electron chi connectivity index (χ2n) is 9.27. The summed E-state index contributed by atoms with van der Waals surface area (Å²) in [7, 11) is 1.75. The Bertz CT molecular complexity index is 1730. The molecule has 1 aliphatic rings. The predicted molar refractivity (Wildman–Crippen MR) is 142 cm³/mol. The summed E-state index contributed by atoms with van der Waals surface area (Å²) < 4.78 is 16.0. The van der Waals surface area contributed by atoms with Gasteiger partial charge >= 0.3 is 0 Å². The molecule has 0 bridgehead atoms. The molecule has 1 saturated heterocycles. The minimum atomic E-state index is -0.771. The van der Waals surface area contributed by atoms with Crippen LogP contribution < -0.4 is 10.6 Å². The summed E-state index contributed by atoms with van der Waals surface area (Å²) in [6, 6.07) is 12.5. The standard InChI is InChI=1S/C26H21Cl2FN8/c1-36-23(28)21-18(35-36)7-6-14(22(21)27)15-13-32-24-20(15)19(12-30)33-25(34-24)37-10-8-26(31,9-11-37)16-4-2-3-5-17(16)29/h2-7,13H,8-11,31H2,1H3,(H,32,33,34). The van der Waals surface area contributed by atoms with Crippen LogP contribution in [0.5, 0.6) is 0 Å². The van der Waals surface area contributed by atoms with Crippen molar-refractivity contribution in [3.8, 4) is 17.2 Å². The quantitative estimate of drug-likeness (QED) is 0.325. The highest BCUT2D eigenvalue weighted by Crippen LogP contribution is 2.41. The van der Waals surface area contributed by atoms with Gasteiger partial charge in [-0.1, -0.05) is 47.5 Å². The van der Waals surface area contributed by atoms with E-state index in [1.165, 1.54) is 6.07 Å². The first-order chi connectivity index (χ1) is 17.8. The SMILES string of the molecule is Cn1nc2ccc(-c3c[nH]c4nc(N5CCC(N)(c6ccccc6F)CC5)nc(C#N)c34)c(Cl)c2c1Cl. The molecule has 5 aromatic rings. The van der Waals surface area contributed by atoms with E-state index >= 15 is 0 Å². The maximum atomic E-state index is 14.4. The number of hydrogen-bond donors (Lipinski definition) is 2. The number of H-pyrrole nitrogens is 1. The van der Waals surface area contributed by atoms with Crippen LogP contribution in [0, 0.1) is 17.1 Å². The lowest BCUT2D eigenvalue weighted by atomic mass is 9.81. The van der Waals surface area contributed by atoms with E-state index in [1.54, 1.807) is 36.1 Å². The second kappa shape index (κ2) is 8.70. The molecule has 0 saturated carbocycles. The Labute approximate surface area is 221 Å². The lowest BCUT2D eigenvalue weighted by Crippen LogP contribution is -2.49. The molecular weight excluding hydrogens is 514 g/mol. The Balaban J connectivity index is 1.36. The molecule has 37 heavy (non-hydrogen) atoms. The third-order valence-electron chi connectivity index (χ3n) is 7.13. The van der Waals surface area contributed by atoms with Gasteiger partial charge in [0.05, 0.1) is 21.3 Å². The molecule has 3 aromatic heterocycles. The van der Waals surface area contributed by atoms with Gasteiger partial charge < -0.3 is 15.6 Å². The molecule has 6 rings (SSSR count). The topological polar surface area (TPSA) is 112 Å². The van der Waals surface area contributed by atoms with Crippen LogP contribution in [0.25, 0.3) is 33.1 Å². The summed E-state index contributed by atoms with van der Waals surface area (Å²) in [5.74, 6) is 0.121. The number of rotatable bonds is 3. The maximum absolute atomic E-state index is 14.4. The second-order valence-corrected chi connectivity index (χ2v) is 10.0. The third kappa shape index (κ3) is 3.72. The fraction of sp³-hybridized carbons (Fsp3) is 0.231. The molecule has 11 heteroatoms. The van der Waals surface area contributed by atoms with Crippen LogP contribution >= 0.6 is 23.2 Å². The molecule has 0 radical (unpaired) electrons. The number of aromatic amines is 1. The summed E-state index contributed by atoms with van der Waals surface area (Å²) in [5.41, 5.74) is 9.16. The third-order valence-corrected chi connectivity index (χ3v) is 7.96. The van der Waals surface area contributed by atoms with E-state index in [-0.39, 0.29) is 11.5 Å². The van der Waals surface area contributed by atoms with Crippen molar-refractivity contribution in [3.05, 3.63) is 69.8 Å². The van der Waals surface area contributed by atoms with Crippen LogP contribution in [0.15, 0.2) is 42.6 Å². The number of nitrogens with one attached hydrogen (secondary N) is 1. The number of halogens is 3. The van der Waals surface area contributed by atoms with Crippen molar-refractivity contribution in [2.24, 2.45) is 12.8 Å². The van der Waals surface area contributed by atoms with E-state index in [0.29, 0.717) is 80.7 Å². The number of anilines is 1. The number of benzene rings is 2. The van der Waals surface area contributed by atoms with Crippen molar-refractivity contribution < 1.29 is 4.39 Å². The summed E-state index contributed by atoms with van der Waals surface area (Å²) in [6.07, 6.45) is 2.81. The van der Waals surface area contributed by atoms with Gasteiger partial charge in [0.2, 0.25) is 5.95 Å². The lowest BCUT2D eigenvalue weighted by Gasteiger charge is -2.39. The van der Waals surface area contributed by atoms with Crippen molar-refractivity contribution in [2.75, 3.05) is 18.0 Å². The van der Waals surface area contributed by atoms with Gasteiger partial charge in [-0.15, -0.1) is 0 Å². The Hall–Kier alpha value is -3.71. The van der Waals surface area contributed by atoms with Crippen molar-refractivity contribution in [3.63, 3.8) is 0 Å². The van der Waals surface area contributed by atoms with E-state index in [1.807, 2.05) is 17.0 Å². The molecular formula is C26H21Cl2FN8. The summed E-state index contributed by atoms with van der Waals surface area (Å²) in [5, 5.41) is 16.4. The minimum absolute atomic E-state index is 0.225. The number of aryl methyl sites for hydroxylation is 1. The van der Waals surface area contributed by atoms with E-state index in [2.05, 4.69) is 21.1 Å². The van der Waals surface area contributed by atoms with Crippen LogP contribution in [0.3, 0.4) is 0 Å². The van der Waals surface area contributed by atoms with Crippen LogP contribution in [0.4, 0.5) is 10.3 Å². The molecule has 0 unspecified atom stereocenters. The lowest BCUT2D eigenvalue weighted by molar-refractivity contribution is 0.328. The highest BCUT2D eigenvalue weighted by atomic mass is 35.5. The fourth-order valence-corrected chi connectivity index (χ4v) is 5.75. The van der Waals surface area contributed by atoms with Crippen LogP contribution in [0.2, 0.25) is 10.2 Å². The highest BCUT2D eigenvalue weighted by molar-refractivity contribution is 6.43. The normalized spacial score (nSPS) is 15.4. The molecule has 0 spiro atoms. The van der Waals surface area contributed by atoms with Crippen LogP contribution in [0.1, 0.15) is 24.1 Å². The number of piperidine rings is 1. The summed E-state index contributed by atoms with van der Waals surface area (Å²) in [4.78, 5) is 14.4. The zero-order chi connectivity index (χ0) is 25.9. The number of aromatic nitrogens is 5. The fourth-order valence-electron chi connectivity index (χ4n) is 5.12. The highest BCUT2D eigenvalue weighted by Gasteiger charge is 2.35. The van der Waals surface area contributed by atoms with Crippen molar-refractivity contribution in [1.29, 1.82) is 5.26 Å². The monoisotopic (exact) mass is 534 g/mol. The smallest absolute Gasteiger partial charge is 0.228 e. The average Bonchev–Trinajstić information content (AvgIpc) is 3.45. The van der Waals surface area contributed by atoms with Gasteiger partial charge in [0.15, 0.2) is 5.69 Å². The van der Waals surface area contributed by atoms with E-state index in [0.717, 1.165) is 0 Å². The first kappa shape index (κ1) is 23.7. The average molecular weight is 535 g/mol. The predicted octanol–water partition coefficient (Wildman–Crippen LogP) is 5.28.